The average molecular weight is 474 g/mol. The van der Waals surface area contributed by atoms with Gasteiger partial charge in [-0.15, -0.1) is 0 Å². The number of aromatic nitrogens is 1. The number of hydrogen-bond donors (Lipinski definition) is 0. The van der Waals surface area contributed by atoms with Gasteiger partial charge in [-0.1, -0.05) is 50.1 Å². The fourth-order valence-corrected chi connectivity index (χ4v) is 4.95. The van der Waals surface area contributed by atoms with E-state index in [2.05, 4.69) is 25.7 Å². The molecular weight excluding hydrogens is 442 g/mol. The van der Waals surface area contributed by atoms with Crippen molar-refractivity contribution in [2.45, 2.75) is 40.5 Å². The number of carbonyl (C=O) groups is 1. The lowest BCUT2D eigenvalue weighted by molar-refractivity contribution is 0.0983. The number of nitrogens with zero attached hydrogens (tertiary/aromatic N) is 3. The van der Waals surface area contributed by atoms with Gasteiger partial charge in [-0.25, -0.2) is 4.98 Å². The van der Waals surface area contributed by atoms with Gasteiger partial charge in [0.05, 0.1) is 16.8 Å². The molecule has 0 fully saturated rings. The zero-order valence-electron chi connectivity index (χ0n) is 19.4. The summed E-state index contributed by atoms with van der Waals surface area (Å²) in [5.74, 6) is 0.731. The van der Waals surface area contributed by atoms with Gasteiger partial charge in [0.25, 0.3) is 5.91 Å². The molecule has 3 rings (SSSR count). The van der Waals surface area contributed by atoms with Crippen molar-refractivity contribution < 1.29 is 9.53 Å². The van der Waals surface area contributed by atoms with Crippen LogP contribution >= 0.6 is 22.9 Å². The minimum Gasteiger partial charge on any atom is -0.494 e. The lowest BCUT2D eigenvalue weighted by atomic mass is 10.2. The Balaban J connectivity index is 1.88. The van der Waals surface area contributed by atoms with E-state index < -0.39 is 0 Å². The molecule has 32 heavy (non-hydrogen) atoms. The number of unbranched alkanes of at least 4 members (excludes halogenated alkanes) is 1. The summed E-state index contributed by atoms with van der Waals surface area (Å²) in [7, 11) is 0. The Bertz CT molecular complexity index is 1030. The Labute approximate surface area is 200 Å². The van der Waals surface area contributed by atoms with E-state index in [1.54, 1.807) is 4.90 Å². The minimum absolute atomic E-state index is 0.0555. The molecule has 0 spiro atoms. The zero-order chi connectivity index (χ0) is 23.1. The highest BCUT2D eigenvalue weighted by Gasteiger charge is 2.22. The molecule has 2 aromatic carbocycles. The maximum absolute atomic E-state index is 13.5. The Morgan fingerprint density at radius 3 is 2.47 bits per heavy atom. The molecule has 0 aliphatic heterocycles. The highest BCUT2D eigenvalue weighted by atomic mass is 35.5. The van der Waals surface area contributed by atoms with Gasteiger partial charge in [-0.05, 0) is 68.4 Å². The third-order valence-corrected chi connectivity index (χ3v) is 6.76. The predicted octanol–water partition coefficient (Wildman–Crippen LogP) is 6.43. The molecule has 3 aromatic rings. The summed E-state index contributed by atoms with van der Waals surface area (Å²) >= 11 is 7.76. The van der Waals surface area contributed by atoms with Crippen LogP contribution in [0.3, 0.4) is 0 Å². The normalized spacial score (nSPS) is 11.3. The summed E-state index contributed by atoms with van der Waals surface area (Å²) in [6.45, 7) is 12.3. The van der Waals surface area contributed by atoms with E-state index in [0.717, 1.165) is 54.0 Å². The number of benzene rings is 2. The number of carbonyl (C=O) groups excluding carboxylic acids is 1. The number of amides is 1. The number of ether oxygens (including phenoxy) is 1. The summed E-state index contributed by atoms with van der Waals surface area (Å²) in [4.78, 5) is 22.5. The molecule has 0 aliphatic carbocycles. The number of halogens is 1. The quantitative estimate of drug-likeness (QED) is 0.301. The highest BCUT2D eigenvalue weighted by Crippen LogP contribution is 2.33. The number of fused-ring (bicyclic) bond motifs is 1. The van der Waals surface area contributed by atoms with Crippen molar-refractivity contribution in [3.05, 3.63) is 52.5 Å². The SMILES string of the molecule is CCCCOc1ccc(C(=O)N(CCN(CC)CC)c2nc3c(C)cc(Cl)cc3s2)cc1. The Morgan fingerprint density at radius 1 is 1.09 bits per heavy atom. The van der Waals surface area contributed by atoms with Crippen molar-refractivity contribution in [1.82, 2.24) is 9.88 Å². The molecule has 0 unspecified atom stereocenters. The first-order chi connectivity index (χ1) is 15.5. The zero-order valence-corrected chi connectivity index (χ0v) is 20.9. The van der Waals surface area contributed by atoms with Gasteiger partial charge < -0.3 is 9.64 Å². The second-order valence-corrected chi connectivity index (χ2v) is 9.22. The topological polar surface area (TPSA) is 45.7 Å². The van der Waals surface area contributed by atoms with E-state index in [0.29, 0.717) is 28.9 Å². The van der Waals surface area contributed by atoms with Crippen molar-refractivity contribution in [2.24, 2.45) is 0 Å². The van der Waals surface area contributed by atoms with Gasteiger partial charge in [0.1, 0.15) is 5.75 Å². The first kappa shape index (κ1) is 24.5. The predicted molar refractivity (Wildman–Crippen MR) is 136 cm³/mol. The molecule has 0 aliphatic rings. The fourth-order valence-electron chi connectivity index (χ4n) is 3.51. The van der Waals surface area contributed by atoms with Crippen LogP contribution in [0.15, 0.2) is 36.4 Å². The third kappa shape index (κ3) is 6.00. The molecule has 0 saturated heterocycles. The van der Waals surface area contributed by atoms with Crippen molar-refractivity contribution in [2.75, 3.05) is 37.7 Å². The van der Waals surface area contributed by atoms with Crippen LogP contribution in [0, 0.1) is 6.92 Å². The fraction of sp³-hybridized carbons (Fsp3) is 0.440. The first-order valence-corrected chi connectivity index (χ1v) is 12.5. The average Bonchev–Trinajstić information content (AvgIpc) is 3.21. The summed E-state index contributed by atoms with van der Waals surface area (Å²) in [6, 6.07) is 11.2. The maximum atomic E-state index is 13.5. The van der Waals surface area contributed by atoms with Crippen LogP contribution in [-0.2, 0) is 0 Å². The van der Waals surface area contributed by atoms with Crippen molar-refractivity contribution >= 4 is 44.2 Å². The van der Waals surface area contributed by atoms with Crippen LogP contribution in [0.5, 0.6) is 5.75 Å². The number of aryl methyl sites for hydroxylation is 1. The molecule has 7 heteroatoms. The molecule has 5 nitrogen and oxygen atoms in total. The van der Waals surface area contributed by atoms with Gasteiger partial charge in [-0.3, -0.25) is 9.69 Å². The standard InChI is InChI=1S/C25H32ClN3O2S/c1-5-8-15-31-21-11-9-19(10-12-21)24(30)29(14-13-28(6-2)7-3)25-27-23-18(4)16-20(26)17-22(23)32-25/h9-12,16-17H,5-8,13-15H2,1-4H3. The van der Waals surface area contributed by atoms with Crippen molar-refractivity contribution in [1.29, 1.82) is 0 Å². The van der Waals surface area contributed by atoms with Gasteiger partial charge in [0.2, 0.25) is 0 Å². The van der Waals surface area contributed by atoms with Gasteiger partial charge >= 0.3 is 0 Å². The van der Waals surface area contributed by atoms with Gasteiger partial charge in [-0.2, -0.15) is 0 Å². The second kappa shape index (κ2) is 11.6. The van der Waals surface area contributed by atoms with Gasteiger partial charge in [0, 0.05) is 23.7 Å². The monoisotopic (exact) mass is 473 g/mol. The number of anilines is 1. The van der Waals surface area contributed by atoms with Crippen molar-refractivity contribution in [3.8, 4) is 5.75 Å². The molecule has 1 amide bonds. The first-order valence-electron chi connectivity index (χ1n) is 11.3. The van der Waals surface area contributed by atoms with E-state index in [4.69, 9.17) is 21.3 Å². The molecule has 0 radical (unpaired) electrons. The third-order valence-electron chi connectivity index (χ3n) is 5.52. The molecule has 0 N–H and O–H groups in total. The molecule has 0 atom stereocenters. The van der Waals surface area contributed by atoms with E-state index in [1.165, 1.54) is 11.3 Å². The molecule has 0 bridgehead atoms. The van der Waals surface area contributed by atoms with Gasteiger partial charge in [0.15, 0.2) is 5.13 Å². The molecule has 1 aromatic heterocycles. The summed E-state index contributed by atoms with van der Waals surface area (Å²) in [5.41, 5.74) is 2.54. The highest BCUT2D eigenvalue weighted by molar-refractivity contribution is 7.22. The number of thiazole rings is 1. The van der Waals surface area contributed by atoms with E-state index in [9.17, 15) is 4.79 Å². The van der Waals surface area contributed by atoms with Crippen molar-refractivity contribution in [3.63, 3.8) is 0 Å². The van der Waals surface area contributed by atoms with E-state index in [-0.39, 0.29) is 5.91 Å². The Morgan fingerprint density at radius 2 is 1.81 bits per heavy atom. The number of likely N-dealkylation sites (N-methyl/N-ethyl adjacent to an activating group) is 1. The molecule has 0 saturated carbocycles. The molecular formula is C25H32ClN3O2S. The summed E-state index contributed by atoms with van der Waals surface area (Å²) in [5, 5.41) is 1.38. The van der Waals surface area contributed by atoms with Crippen LogP contribution in [-0.4, -0.2) is 48.6 Å². The second-order valence-electron chi connectivity index (χ2n) is 7.78. The molecule has 172 valence electrons. The summed E-state index contributed by atoms with van der Waals surface area (Å²) < 4.78 is 6.74. The van der Waals surface area contributed by atoms with Crippen LogP contribution in [0.1, 0.15) is 49.5 Å². The Hall–Kier alpha value is -2.15. The maximum Gasteiger partial charge on any atom is 0.260 e. The van der Waals surface area contributed by atoms with Crippen LogP contribution in [0.2, 0.25) is 5.02 Å². The minimum atomic E-state index is -0.0555. The van der Waals surface area contributed by atoms with Crippen LogP contribution < -0.4 is 9.64 Å². The number of hydrogen-bond acceptors (Lipinski definition) is 5. The largest absolute Gasteiger partial charge is 0.494 e. The lowest BCUT2D eigenvalue weighted by Gasteiger charge is -2.24. The smallest absolute Gasteiger partial charge is 0.260 e. The summed E-state index contributed by atoms with van der Waals surface area (Å²) in [6.07, 6.45) is 2.10. The van der Waals surface area contributed by atoms with Crippen LogP contribution in [0.4, 0.5) is 5.13 Å². The molecule has 1 heterocycles. The van der Waals surface area contributed by atoms with E-state index in [1.807, 2.05) is 43.3 Å². The Kier molecular flexibility index (Phi) is 8.91. The lowest BCUT2D eigenvalue weighted by Crippen LogP contribution is -2.38. The van der Waals surface area contributed by atoms with Crippen LogP contribution in [0.25, 0.3) is 10.2 Å². The number of rotatable bonds is 11. The van der Waals surface area contributed by atoms with E-state index >= 15 is 0 Å².